The van der Waals surface area contributed by atoms with Gasteiger partial charge < -0.3 is 5.11 Å². The van der Waals surface area contributed by atoms with Gasteiger partial charge >= 0.3 is 0 Å². The zero-order chi connectivity index (χ0) is 21.2. The molecular weight excluding hydrogens is 440 g/mol. The Morgan fingerprint density at radius 1 is 0.774 bits per heavy atom. The van der Waals surface area contributed by atoms with E-state index in [4.69, 9.17) is 12.2 Å². The topological polar surface area (TPSA) is 26.7 Å². The average molecular weight is 469 g/mol. The number of hydrogen-bond acceptors (Lipinski definition) is 6. The molecule has 162 valence electrons. The van der Waals surface area contributed by atoms with Crippen molar-refractivity contribution in [3.63, 3.8) is 0 Å². The number of nitrogens with zero attached hydrogens (tertiary/aromatic N) is 2. The molecule has 2 aromatic carbocycles. The quantitative estimate of drug-likeness (QED) is 0.319. The maximum atomic E-state index is 11.2. The van der Waals surface area contributed by atoms with Crippen molar-refractivity contribution in [1.82, 2.24) is 9.80 Å². The van der Waals surface area contributed by atoms with Crippen molar-refractivity contribution in [3.8, 4) is 27.3 Å². The van der Waals surface area contributed by atoms with Gasteiger partial charge in [-0.25, -0.2) is 0 Å². The molecule has 1 aromatic heterocycles. The van der Waals surface area contributed by atoms with Gasteiger partial charge in [-0.1, -0.05) is 63.2 Å². The zero-order valence-electron chi connectivity index (χ0n) is 17.7. The summed E-state index contributed by atoms with van der Waals surface area (Å²) in [6, 6.07) is 14.9. The van der Waals surface area contributed by atoms with Crippen molar-refractivity contribution in [2.45, 2.75) is 38.8 Å². The summed E-state index contributed by atoms with van der Waals surface area (Å²) < 4.78 is 0.946. The van der Waals surface area contributed by atoms with Crippen LogP contribution in [0.1, 0.15) is 36.8 Å². The summed E-state index contributed by atoms with van der Waals surface area (Å²) >= 11 is 5.74. The molecule has 0 atom stereocenters. The highest BCUT2D eigenvalue weighted by Crippen LogP contribution is 2.43. The van der Waals surface area contributed by atoms with Crippen molar-refractivity contribution < 1.29 is 5.11 Å². The molecule has 2 aliphatic rings. The Morgan fingerprint density at radius 3 is 1.87 bits per heavy atom. The summed E-state index contributed by atoms with van der Waals surface area (Å²) in [6.07, 6.45) is 5.02. The molecule has 0 radical (unpaired) electrons. The first-order chi connectivity index (χ1) is 15.2. The first-order valence-corrected chi connectivity index (χ1v) is 13.7. The third-order valence-electron chi connectivity index (χ3n) is 6.41. The Bertz CT molecular complexity index is 1050. The first-order valence-electron chi connectivity index (χ1n) is 11.2. The molecule has 0 saturated carbocycles. The van der Waals surface area contributed by atoms with E-state index in [2.05, 4.69) is 46.2 Å². The van der Waals surface area contributed by atoms with E-state index in [1.54, 1.807) is 20.7 Å². The van der Waals surface area contributed by atoms with Crippen LogP contribution >= 0.6 is 32.9 Å². The number of benzene rings is 2. The van der Waals surface area contributed by atoms with Crippen LogP contribution in [0.4, 0.5) is 0 Å². The zero-order valence-corrected chi connectivity index (χ0v) is 20.1. The van der Waals surface area contributed by atoms with Crippen molar-refractivity contribution in [2.75, 3.05) is 26.2 Å². The molecule has 2 saturated heterocycles. The Morgan fingerprint density at radius 2 is 1.32 bits per heavy atom. The molecule has 0 spiro atoms. The Balaban J connectivity index is 1.59. The number of likely N-dealkylation sites (tertiary alicyclic amines) is 2. The minimum Gasteiger partial charge on any atom is -0.507 e. The summed E-state index contributed by atoms with van der Waals surface area (Å²) in [6.45, 7) is 6.14. The lowest BCUT2D eigenvalue weighted by molar-refractivity contribution is 0.312. The van der Waals surface area contributed by atoms with E-state index in [-0.39, 0.29) is 0 Å². The maximum absolute atomic E-state index is 11.2. The molecule has 5 rings (SSSR count). The van der Waals surface area contributed by atoms with E-state index in [0.717, 1.165) is 59.8 Å². The monoisotopic (exact) mass is 468 g/mol. The Labute approximate surface area is 197 Å². The van der Waals surface area contributed by atoms with E-state index in [1.807, 2.05) is 6.07 Å². The summed E-state index contributed by atoms with van der Waals surface area (Å²) in [5.41, 5.74) is 5.64. The summed E-state index contributed by atoms with van der Waals surface area (Å²) in [7, 11) is 3.44. The fraction of sp³-hybridized carbons (Fsp3) is 0.400. The number of rotatable bonds is 6. The smallest absolute Gasteiger partial charge is 0.124 e. The first kappa shape index (κ1) is 21.3. The normalized spacial score (nSPS) is 17.5. The van der Waals surface area contributed by atoms with Gasteiger partial charge in [0.05, 0.1) is 4.88 Å². The molecule has 1 N–H and O–H groups in total. The number of phenols is 1. The van der Waals surface area contributed by atoms with Crippen LogP contribution in [-0.4, -0.2) is 41.1 Å². The maximum Gasteiger partial charge on any atom is 0.124 e. The molecule has 0 unspecified atom stereocenters. The van der Waals surface area contributed by atoms with E-state index in [9.17, 15) is 5.11 Å². The van der Waals surface area contributed by atoms with E-state index < -0.39 is 0 Å². The van der Waals surface area contributed by atoms with Gasteiger partial charge in [0, 0.05) is 29.8 Å². The van der Waals surface area contributed by atoms with Gasteiger partial charge in [0.1, 0.15) is 9.57 Å². The van der Waals surface area contributed by atoms with Crippen LogP contribution in [0.5, 0.6) is 5.75 Å². The summed E-state index contributed by atoms with van der Waals surface area (Å²) in [5.74, 6) is 0.489. The predicted octanol–water partition coefficient (Wildman–Crippen LogP) is 6.77. The Kier molecular flexibility index (Phi) is 6.53. The average Bonchev–Trinajstić information content (AvgIpc) is 3.54. The number of hydrogen-bond donors (Lipinski definition) is 1. The minimum atomic E-state index is 0.489. The van der Waals surface area contributed by atoms with E-state index in [0.29, 0.717) is 5.75 Å². The second-order valence-electron chi connectivity index (χ2n) is 8.63. The third kappa shape index (κ3) is 4.64. The van der Waals surface area contributed by atoms with Crippen molar-refractivity contribution >= 4 is 32.9 Å². The molecular formula is C25H28N2OS3. The number of aromatic hydroxyl groups is 1. The van der Waals surface area contributed by atoms with Crippen LogP contribution in [0.3, 0.4) is 0 Å². The second kappa shape index (κ2) is 9.51. The van der Waals surface area contributed by atoms with Crippen molar-refractivity contribution in [1.29, 1.82) is 0 Å². The van der Waals surface area contributed by atoms with Crippen molar-refractivity contribution in [2.24, 2.45) is 0 Å². The van der Waals surface area contributed by atoms with Gasteiger partial charge in [-0.15, -0.1) is 0 Å². The van der Waals surface area contributed by atoms with Crippen LogP contribution in [0.25, 0.3) is 21.6 Å². The van der Waals surface area contributed by atoms with Gasteiger partial charge in [-0.05, 0) is 75.1 Å². The van der Waals surface area contributed by atoms with Gasteiger partial charge in [0.15, 0.2) is 0 Å². The molecule has 6 heteroatoms. The Hall–Kier alpha value is -1.57. The third-order valence-corrected chi connectivity index (χ3v) is 9.48. The van der Waals surface area contributed by atoms with E-state index in [1.165, 1.54) is 41.7 Å². The lowest BCUT2D eigenvalue weighted by Crippen LogP contribution is -2.20. The molecule has 2 aliphatic heterocycles. The lowest BCUT2D eigenvalue weighted by atomic mass is 9.98. The fourth-order valence-electron chi connectivity index (χ4n) is 4.80. The minimum absolute atomic E-state index is 0.489. The second-order valence-corrected chi connectivity index (χ2v) is 11.5. The predicted molar refractivity (Wildman–Crippen MR) is 135 cm³/mol. The van der Waals surface area contributed by atoms with Gasteiger partial charge in [-0.2, -0.15) is 0 Å². The highest BCUT2D eigenvalue weighted by atomic mass is 32.9. The summed E-state index contributed by atoms with van der Waals surface area (Å²) in [4.78, 5) is 6.16. The van der Waals surface area contributed by atoms with Gasteiger partial charge in [0.2, 0.25) is 0 Å². The van der Waals surface area contributed by atoms with Gasteiger partial charge in [-0.3, -0.25) is 9.80 Å². The van der Waals surface area contributed by atoms with Crippen LogP contribution < -0.4 is 0 Å². The van der Waals surface area contributed by atoms with Gasteiger partial charge in [0.25, 0.3) is 0 Å². The highest BCUT2D eigenvalue weighted by molar-refractivity contribution is 7.80. The number of phenolic OH excluding ortho intramolecular Hbond substituents is 1. The molecule has 31 heavy (non-hydrogen) atoms. The van der Waals surface area contributed by atoms with Crippen LogP contribution in [0.2, 0.25) is 0 Å². The lowest BCUT2D eigenvalue weighted by Gasteiger charge is -2.21. The summed E-state index contributed by atoms with van der Waals surface area (Å²) in [5, 5.41) is 11.2. The fourth-order valence-corrected chi connectivity index (χ4v) is 7.70. The highest BCUT2D eigenvalue weighted by Gasteiger charge is 2.21. The largest absolute Gasteiger partial charge is 0.507 e. The van der Waals surface area contributed by atoms with E-state index >= 15 is 0 Å². The van der Waals surface area contributed by atoms with Crippen LogP contribution in [0, 0.1) is 3.82 Å². The van der Waals surface area contributed by atoms with Crippen LogP contribution in [0.15, 0.2) is 42.5 Å². The van der Waals surface area contributed by atoms with Crippen LogP contribution in [-0.2, 0) is 13.1 Å². The molecule has 3 aromatic rings. The molecule has 2 fully saturated rings. The standard InChI is InChI=1S/C25H28N2OS3/c28-23-20(16-26-10-4-5-11-26)14-19(15-21(23)17-27-12-6-7-13-27)24-22(25(29)31-30-24)18-8-2-1-3-9-18/h1-3,8-9,14-15,28H,4-7,10-13,16-17H2. The van der Waals surface area contributed by atoms with Crippen molar-refractivity contribution in [3.05, 3.63) is 57.4 Å². The molecule has 3 nitrogen and oxygen atoms in total. The molecule has 0 amide bonds. The SMILES string of the molecule is Oc1c(CN2CCCC2)cc(-c2ssc(=S)c2-c2ccccc2)cc1CN1CCCC1. The molecule has 0 bridgehead atoms. The molecule has 0 aliphatic carbocycles. The molecule has 3 heterocycles.